The van der Waals surface area contributed by atoms with E-state index in [4.69, 9.17) is 4.74 Å². The second kappa shape index (κ2) is 8.00. The molecule has 1 aliphatic heterocycles. The van der Waals surface area contributed by atoms with Crippen LogP contribution in [0.25, 0.3) is 0 Å². The van der Waals surface area contributed by atoms with E-state index in [1.807, 2.05) is 12.1 Å². The molecule has 4 heteroatoms. The molecule has 1 heterocycles. The van der Waals surface area contributed by atoms with Crippen molar-refractivity contribution in [1.82, 2.24) is 4.90 Å². The van der Waals surface area contributed by atoms with Crippen LogP contribution in [0.4, 0.5) is 0 Å². The molecular weight excluding hydrogens is 362 g/mol. The average molecular weight is 398 g/mol. The Morgan fingerprint density at radius 1 is 0.793 bits per heavy atom. The minimum Gasteiger partial charge on any atom is -0.508 e. The largest absolute Gasteiger partial charge is 0.508 e. The van der Waals surface area contributed by atoms with Crippen molar-refractivity contribution in [2.24, 2.45) is 0 Å². The highest BCUT2D eigenvalue weighted by molar-refractivity contribution is 5.52. The summed E-state index contributed by atoms with van der Waals surface area (Å²) >= 11 is 0. The molecule has 3 rings (SSSR count). The van der Waals surface area contributed by atoms with Crippen molar-refractivity contribution in [1.29, 1.82) is 0 Å². The van der Waals surface area contributed by atoms with Crippen LogP contribution in [0.1, 0.15) is 69.8 Å². The number of phenols is 2. The van der Waals surface area contributed by atoms with Gasteiger partial charge in [-0.05, 0) is 57.3 Å². The standard InChI is InChI=1S/C25H35NO3/c1-24(2,3)20-15-18(16-21(23(20)28)25(4,5)6)22(26-11-13-29-14-12-26)17-7-9-19(27)10-8-17/h7-10,15-16,22,27-28H,11-14H2,1-6H3/t22-/m1/s1. The molecule has 1 atom stereocenters. The fourth-order valence-corrected chi connectivity index (χ4v) is 4.06. The Morgan fingerprint density at radius 2 is 1.28 bits per heavy atom. The molecule has 29 heavy (non-hydrogen) atoms. The smallest absolute Gasteiger partial charge is 0.123 e. The SMILES string of the molecule is CC(C)(C)c1cc([C@@H](c2ccc(O)cc2)N2CCOCC2)cc(C(C)(C)C)c1O. The molecule has 0 saturated carbocycles. The van der Waals surface area contributed by atoms with Crippen LogP contribution in [0.3, 0.4) is 0 Å². The summed E-state index contributed by atoms with van der Waals surface area (Å²) in [6.45, 7) is 16.0. The maximum atomic E-state index is 11.1. The molecule has 2 N–H and O–H groups in total. The third-order valence-electron chi connectivity index (χ3n) is 5.68. The second-order valence-corrected chi connectivity index (χ2v) is 10.1. The van der Waals surface area contributed by atoms with Crippen LogP contribution in [0, 0.1) is 0 Å². The zero-order chi connectivity index (χ0) is 21.4. The predicted octanol–water partition coefficient (Wildman–Crippen LogP) is 5.11. The van der Waals surface area contributed by atoms with E-state index >= 15 is 0 Å². The van der Waals surface area contributed by atoms with Gasteiger partial charge < -0.3 is 14.9 Å². The van der Waals surface area contributed by atoms with Crippen molar-refractivity contribution in [2.75, 3.05) is 26.3 Å². The minimum atomic E-state index is -0.176. The molecule has 158 valence electrons. The zero-order valence-corrected chi connectivity index (χ0v) is 18.6. The molecule has 1 fully saturated rings. The highest BCUT2D eigenvalue weighted by Gasteiger charge is 2.31. The maximum Gasteiger partial charge on any atom is 0.123 e. The molecule has 2 aromatic rings. The van der Waals surface area contributed by atoms with Crippen LogP contribution in [0.15, 0.2) is 36.4 Å². The van der Waals surface area contributed by atoms with Crippen LogP contribution in [-0.2, 0) is 15.6 Å². The predicted molar refractivity (Wildman–Crippen MR) is 118 cm³/mol. The summed E-state index contributed by atoms with van der Waals surface area (Å²) < 4.78 is 5.59. The Balaban J connectivity index is 2.22. The molecule has 0 bridgehead atoms. The molecule has 0 amide bonds. The third-order valence-corrected chi connectivity index (χ3v) is 5.68. The molecule has 1 saturated heterocycles. The van der Waals surface area contributed by atoms with E-state index in [-0.39, 0.29) is 22.6 Å². The van der Waals surface area contributed by atoms with Gasteiger partial charge in [0.25, 0.3) is 0 Å². The molecule has 1 aliphatic rings. The summed E-state index contributed by atoms with van der Waals surface area (Å²) in [5.41, 5.74) is 3.89. The normalized spacial score (nSPS) is 17.3. The van der Waals surface area contributed by atoms with Gasteiger partial charge in [0.1, 0.15) is 11.5 Å². The van der Waals surface area contributed by atoms with Crippen molar-refractivity contribution in [2.45, 2.75) is 58.4 Å². The number of benzene rings is 2. The number of hydrogen-bond donors (Lipinski definition) is 2. The van der Waals surface area contributed by atoms with E-state index in [2.05, 4.69) is 58.6 Å². The summed E-state index contributed by atoms with van der Waals surface area (Å²) in [4.78, 5) is 2.43. The van der Waals surface area contributed by atoms with E-state index in [0.717, 1.165) is 29.8 Å². The lowest BCUT2D eigenvalue weighted by atomic mass is 9.77. The lowest BCUT2D eigenvalue weighted by molar-refractivity contribution is 0.0239. The lowest BCUT2D eigenvalue weighted by Gasteiger charge is -2.37. The van der Waals surface area contributed by atoms with Gasteiger partial charge in [0.2, 0.25) is 0 Å². The van der Waals surface area contributed by atoms with Crippen LogP contribution >= 0.6 is 0 Å². The van der Waals surface area contributed by atoms with E-state index < -0.39 is 0 Å². The van der Waals surface area contributed by atoms with Crippen LogP contribution < -0.4 is 0 Å². The molecule has 0 spiro atoms. The second-order valence-electron chi connectivity index (χ2n) is 10.1. The van der Waals surface area contributed by atoms with Crippen molar-refractivity contribution in [3.8, 4) is 11.5 Å². The van der Waals surface area contributed by atoms with E-state index in [1.54, 1.807) is 12.1 Å². The summed E-state index contributed by atoms with van der Waals surface area (Å²) in [5, 5.41) is 20.9. The summed E-state index contributed by atoms with van der Waals surface area (Å²) in [6.07, 6.45) is 0. The van der Waals surface area contributed by atoms with Crippen LogP contribution in [0.2, 0.25) is 0 Å². The quantitative estimate of drug-likeness (QED) is 0.755. The van der Waals surface area contributed by atoms with Gasteiger partial charge in [-0.3, -0.25) is 4.90 Å². The molecule has 0 radical (unpaired) electrons. The first-order valence-electron chi connectivity index (χ1n) is 10.5. The Morgan fingerprint density at radius 3 is 1.72 bits per heavy atom. The fourth-order valence-electron chi connectivity index (χ4n) is 4.06. The van der Waals surface area contributed by atoms with Gasteiger partial charge in [0, 0.05) is 13.1 Å². The van der Waals surface area contributed by atoms with Crippen molar-refractivity contribution in [3.05, 3.63) is 58.7 Å². The number of rotatable bonds is 3. The van der Waals surface area contributed by atoms with Crippen molar-refractivity contribution >= 4 is 0 Å². The first kappa shape index (κ1) is 21.7. The summed E-state index contributed by atoms with van der Waals surface area (Å²) in [6, 6.07) is 11.9. The maximum absolute atomic E-state index is 11.1. The van der Waals surface area contributed by atoms with Gasteiger partial charge in [-0.1, -0.05) is 53.7 Å². The highest BCUT2D eigenvalue weighted by Crippen LogP contribution is 2.43. The molecule has 4 nitrogen and oxygen atoms in total. The fraction of sp³-hybridized carbons (Fsp3) is 0.520. The lowest BCUT2D eigenvalue weighted by Crippen LogP contribution is -2.39. The van der Waals surface area contributed by atoms with Crippen LogP contribution in [-0.4, -0.2) is 41.4 Å². The monoisotopic (exact) mass is 397 g/mol. The summed E-state index contributed by atoms with van der Waals surface area (Å²) in [7, 11) is 0. The number of morpholine rings is 1. The van der Waals surface area contributed by atoms with E-state index in [9.17, 15) is 10.2 Å². The number of nitrogens with zero attached hydrogens (tertiary/aromatic N) is 1. The summed E-state index contributed by atoms with van der Waals surface area (Å²) in [5.74, 6) is 0.672. The first-order valence-corrected chi connectivity index (χ1v) is 10.5. The Hall–Kier alpha value is -2.04. The first-order chi connectivity index (χ1) is 13.5. The van der Waals surface area contributed by atoms with Gasteiger partial charge in [-0.2, -0.15) is 0 Å². The number of aromatic hydroxyl groups is 2. The molecular formula is C25H35NO3. The number of hydrogen-bond acceptors (Lipinski definition) is 4. The average Bonchev–Trinajstić information content (AvgIpc) is 2.63. The van der Waals surface area contributed by atoms with Crippen molar-refractivity contribution in [3.63, 3.8) is 0 Å². The number of ether oxygens (including phenoxy) is 1. The van der Waals surface area contributed by atoms with Crippen molar-refractivity contribution < 1.29 is 14.9 Å². The zero-order valence-electron chi connectivity index (χ0n) is 18.6. The Labute approximate surface area is 175 Å². The number of phenolic OH excluding ortho intramolecular Hbond substituents is 2. The Bertz CT molecular complexity index is 803. The highest BCUT2D eigenvalue weighted by atomic mass is 16.5. The minimum absolute atomic E-state index is 0.0438. The topological polar surface area (TPSA) is 52.9 Å². The van der Waals surface area contributed by atoms with E-state index in [1.165, 1.54) is 5.56 Å². The van der Waals surface area contributed by atoms with Crippen LogP contribution in [0.5, 0.6) is 11.5 Å². The van der Waals surface area contributed by atoms with E-state index in [0.29, 0.717) is 19.0 Å². The third kappa shape index (κ3) is 4.76. The van der Waals surface area contributed by atoms with Gasteiger partial charge in [-0.15, -0.1) is 0 Å². The van der Waals surface area contributed by atoms with Gasteiger partial charge in [0.05, 0.1) is 19.3 Å². The Kier molecular flexibility index (Phi) is 5.98. The molecule has 0 aromatic heterocycles. The van der Waals surface area contributed by atoms with Gasteiger partial charge >= 0.3 is 0 Å². The molecule has 2 aromatic carbocycles. The molecule has 0 unspecified atom stereocenters. The van der Waals surface area contributed by atoms with Gasteiger partial charge in [0.15, 0.2) is 0 Å². The van der Waals surface area contributed by atoms with Gasteiger partial charge in [-0.25, -0.2) is 0 Å². The molecule has 0 aliphatic carbocycles.